The van der Waals surface area contributed by atoms with E-state index in [1.807, 2.05) is 0 Å². The lowest BCUT2D eigenvalue weighted by atomic mass is 10.2. The minimum absolute atomic E-state index is 0.239. The fraction of sp³-hybridized carbons (Fsp3) is 0.0556. The summed E-state index contributed by atoms with van der Waals surface area (Å²) in [7, 11) is 1.47. The van der Waals surface area contributed by atoms with E-state index < -0.39 is 5.97 Å². The molecule has 1 fully saturated rings. The highest BCUT2D eigenvalue weighted by Gasteiger charge is 2.22. The number of halogens is 1. The second-order valence-corrected chi connectivity index (χ2v) is 7.31. The fourth-order valence-corrected chi connectivity index (χ4v) is 3.35. The number of thioether (sulfide) groups is 1. The molecule has 26 heavy (non-hydrogen) atoms. The number of ether oxygens (including phenoxy) is 2. The van der Waals surface area contributed by atoms with Crippen LogP contribution in [0.5, 0.6) is 11.5 Å². The summed E-state index contributed by atoms with van der Waals surface area (Å²) in [4.78, 5) is 24.5. The van der Waals surface area contributed by atoms with Crippen molar-refractivity contribution in [1.82, 2.24) is 5.32 Å². The maximum atomic E-state index is 12.2. The summed E-state index contributed by atoms with van der Waals surface area (Å²) >= 11 is 12.0. The van der Waals surface area contributed by atoms with Gasteiger partial charge in [0.05, 0.1) is 17.6 Å². The van der Waals surface area contributed by atoms with Crippen molar-refractivity contribution >= 4 is 57.9 Å². The van der Waals surface area contributed by atoms with Gasteiger partial charge in [-0.3, -0.25) is 4.79 Å². The van der Waals surface area contributed by atoms with Crippen molar-refractivity contribution in [1.29, 1.82) is 0 Å². The monoisotopic (exact) mass is 405 g/mol. The van der Waals surface area contributed by atoms with Gasteiger partial charge in [0.25, 0.3) is 5.91 Å². The molecular formula is C18H12ClNO4S2. The Morgan fingerprint density at radius 1 is 1.19 bits per heavy atom. The van der Waals surface area contributed by atoms with Crippen molar-refractivity contribution in [3.63, 3.8) is 0 Å². The minimum atomic E-state index is -0.526. The molecule has 2 aromatic carbocycles. The van der Waals surface area contributed by atoms with Crippen LogP contribution in [-0.4, -0.2) is 23.3 Å². The van der Waals surface area contributed by atoms with Crippen LogP contribution in [0.25, 0.3) is 6.08 Å². The Morgan fingerprint density at radius 2 is 1.92 bits per heavy atom. The van der Waals surface area contributed by atoms with Crippen LogP contribution in [0.15, 0.2) is 47.4 Å². The molecule has 5 nitrogen and oxygen atoms in total. The first-order valence-corrected chi connectivity index (χ1v) is 8.97. The molecule has 0 bridgehead atoms. The Kier molecular flexibility index (Phi) is 5.61. The number of thiocarbonyl (C=S) groups is 1. The standard InChI is InChI=1S/C18H12ClNO4S2/c1-23-14-8-10(9-15-16(21)20-18(25)26-15)2-7-13(14)24-17(22)11-3-5-12(19)6-4-11/h2-9H,1H3,(H,20,21,25)/b15-9-. The summed E-state index contributed by atoms with van der Waals surface area (Å²) in [6, 6.07) is 11.4. The number of nitrogens with one attached hydrogen (secondary N) is 1. The first kappa shape index (κ1) is 18.4. The summed E-state index contributed by atoms with van der Waals surface area (Å²) in [6.45, 7) is 0. The minimum Gasteiger partial charge on any atom is -0.493 e. The lowest BCUT2D eigenvalue weighted by Crippen LogP contribution is -2.17. The number of rotatable bonds is 4. The SMILES string of the molecule is COc1cc(/C=C2\SC(=S)NC2=O)ccc1OC(=O)c1ccc(Cl)cc1. The van der Waals surface area contributed by atoms with Gasteiger partial charge < -0.3 is 14.8 Å². The van der Waals surface area contributed by atoms with Gasteiger partial charge in [-0.05, 0) is 48.0 Å². The zero-order valence-corrected chi connectivity index (χ0v) is 15.8. The molecule has 0 atom stereocenters. The predicted molar refractivity (Wildman–Crippen MR) is 106 cm³/mol. The molecule has 0 saturated carbocycles. The zero-order chi connectivity index (χ0) is 18.7. The van der Waals surface area contributed by atoms with Crippen molar-refractivity contribution in [3.8, 4) is 11.5 Å². The molecule has 0 aliphatic carbocycles. The van der Waals surface area contributed by atoms with Gasteiger partial charge in [0.1, 0.15) is 4.32 Å². The maximum Gasteiger partial charge on any atom is 0.343 e. The van der Waals surface area contributed by atoms with Crippen molar-refractivity contribution in [2.24, 2.45) is 0 Å². The summed E-state index contributed by atoms with van der Waals surface area (Å²) < 4.78 is 11.1. The van der Waals surface area contributed by atoms with Gasteiger partial charge in [-0.1, -0.05) is 41.6 Å². The number of esters is 1. The first-order chi connectivity index (χ1) is 12.5. The molecule has 0 unspecified atom stereocenters. The molecule has 0 aromatic heterocycles. The van der Waals surface area contributed by atoms with E-state index in [-0.39, 0.29) is 11.7 Å². The van der Waals surface area contributed by atoms with E-state index in [0.717, 1.165) is 5.56 Å². The van der Waals surface area contributed by atoms with Gasteiger partial charge >= 0.3 is 5.97 Å². The van der Waals surface area contributed by atoms with Gasteiger partial charge in [-0.2, -0.15) is 0 Å². The van der Waals surface area contributed by atoms with Crippen LogP contribution in [0.4, 0.5) is 0 Å². The van der Waals surface area contributed by atoms with Crippen LogP contribution < -0.4 is 14.8 Å². The molecule has 132 valence electrons. The van der Waals surface area contributed by atoms with E-state index in [9.17, 15) is 9.59 Å². The summed E-state index contributed by atoms with van der Waals surface area (Å²) in [6.07, 6.45) is 1.69. The van der Waals surface area contributed by atoms with Crippen LogP contribution in [0, 0.1) is 0 Å². The number of carbonyl (C=O) groups excluding carboxylic acids is 2. The Morgan fingerprint density at radius 3 is 2.54 bits per heavy atom. The first-order valence-electron chi connectivity index (χ1n) is 7.37. The Labute approximate surface area is 164 Å². The lowest BCUT2D eigenvalue weighted by Gasteiger charge is -2.10. The van der Waals surface area contributed by atoms with Crippen LogP contribution >= 0.6 is 35.6 Å². The average molecular weight is 406 g/mol. The molecule has 1 aliphatic heterocycles. The second-order valence-electron chi connectivity index (χ2n) is 5.16. The number of amides is 1. The third kappa shape index (κ3) is 4.24. The van der Waals surface area contributed by atoms with Crippen LogP contribution in [0.3, 0.4) is 0 Å². The van der Waals surface area contributed by atoms with E-state index >= 15 is 0 Å². The molecule has 0 spiro atoms. The molecule has 3 rings (SSSR count). The summed E-state index contributed by atoms with van der Waals surface area (Å²) in [5.41, 5.74) is 1.09. The second kappa shape index (κ2) is 7.90. The van der Waals surface area contributed by atoms with Gasteiger partial charge in [0, 0.05) is 5.02 Å². The fourth-order valence-electron chi connectivity index (χ4n) is 2.18. The number of carbonyl (C=O) groups is 2. The maximum absolute atomic E-state index is 12.2. The smallest absolute Gasteiger partial charge is 0.343 e. The molecule has 8 heteroatoms. The predicted octanol–water partition coefficient (Wildman–Crippen LogP) is 4.06. The molecule has 1 heterocycles. The number of hydrogen-bond acceptors (Lipinski definition) is 6. The van der Waals surface area contributed by atoms with E-state index in [4.69, 9.17) is 33.3 Å². The molecule has 1 N–H and O–H groups in total. The molecule has 2 aromatic rings. The van der Waals surface area contributed by atoms with Crippen molar-refractivity contribution in [2.75, 3.05) is 7.11 Å². The molecular weight excluding hydrogens is 394 g/mol. The van der Waals surface area contributed by atoms with Crippen LogP contribution in [0.1, 0.15) is 15.9 Å². The van der Waals surface area contributed by atoms with Gasteiger partial charge in [-0.25, -0.2) is 4.79 Å². The average Bonchev–Trinajstić information content (AvgIpc) is 2.93. The summed E-state index contributed by atoms with van der Waals surface area (Å²) in [5.74, 6) is -0.124. The zero-order valence-electron chi connectivity index (χ0n) is 13.4. The highest BCUT2D eigenvalue weighted by molar-refractivity contribution is 8.26. The molecule has 1 aliphatic rings. The number of methoxy groups -OCH3 is 1. The van der Waals surface area contributed by atoms with Gasteiger partial charge in [-0.15, -0.1) is 0 Å². The van der Waals surface area contributed by atoms with E-state index in [1.54, 1.807) is 48.5 Å². The topological polar surface area (TPSA) is 64.6 Å². The van der Waals surface area contributed by atoms with E-state index in [0.29, 0.717) is 25.6 Å². The van der Waals surface area contributed by atoms with Gasteiger partial charge in [0.15, 0.2) is 11.5 Å². The largest absolute Gasteiger partial charge is 0.493 e. The summed E-state index contributed by atoms with van der Waals surface area (Å²) in [5, 5.41) is 3.08. The van der Waals surface area contributed by atoms with Crippen molar-refractivity contribution in [3.05, 3.63) is 63.5 Å². The highest BCUT2D eigenvalue weighted by atomic mass is 35.5. The number of hydrogen-bond donors (Lipinski definition) is 1. The Bertz CT molecular complexity index is 925. The highest BCUT2D eigenvalue weighted by Crippen LogP contribution is 2.32. The van der Waals surface area contributed by atoms with Gasteiger partial charge in [0.2, 0.25) is 0 Å². The van der Waals surface area contributed by atoms with Crippen LogP contribution in [0.2, 0.25) is 5.02 Å². The quantitative estimate of drug-likeness (QED) is 0.358. The molecule has 1 saturated heterocycles. The molecule has 1 amide bonds. The number of benzene rings is 2. The van der Waals surface area contributed by atoms with E-state index in [1.165, 1.54) is 18.9 Å². The van der Waals surface area contributed by atoms with Crippen LogP contribution in [-0.2, 0) is 4.79 Å². The van der Waals surface area contributed by atoms with E-state index in [2.05, 4.69) is 5.32 Å². The molecule has 0 radical (unpaired) electrons. The third-order valence-electron chi connectivity index (χ3n) is 3.41. The van der Waals surface area contributed by atoms with Crippen molar-refractivity contribution < 1.29 is 19.1 Å². The normalized spacial score (nSPS) is 15.1. The lowest BCUT2D eigenvalue weighted by molar-refractivity contribution is -0.115. The Balaban J connectivity index is 1.82. The van der Waals surface area contributed by atoms with Crippen molar-refractivity contribution in [2.45, 2.75) is 0 Å². The third-order valence-corrected chi connectivity index (χ3v) is 4.82. The Hall–Kier alpha value is -2.35.